The molecular formula is C18H39N5O. The van der Waals surface area contributed by atoms with Crippen LogP contribution in [0.25, 0.3) is 0 Å². The van der Waals surface area contributed by atoms with E-state index in [0.717, 1.165) is 71.9 Å². The molecular weight excluding hydrogens is 302 g/mol. The Balaban J connectivity index is 2.28. The Morgan fingerprint density at radius 2 is 1.92 bits per heavy atom. The molecule has 6 heteroatoms. The van der Waals surface area contributed by atoms with Gasteiger partial charge in [0.05, 0.1) is 19.8 Å². The number of morpholine rings is 1. The molecule has 1 fully saturated rings. The summed E-state index contributed by atoms with van der Waals surface area (Å²) in [5.74, 6) is 1.26. The molecule has 142 valence electrons. The van der Waals surface area contributed by atoms with Crippen LogP contribution in [0.1, 0.15) is 40.5 Å². The van der Waals surface area contributed by atoms with Gasteiger partial charge in [-0.3, -0.25) is 14.8 Å². The van der Waals surface area contributed by atoms with Gasteiger partial charge in [-0.2, -0.15) is 0 Å². The minimum absolute atomic E-state index is 0.480. The van der Waals surface area contributed by atoms with Crippen molar-refractivity contribution in [3.8, 4) is 0 Å². The third-order valence-corrected chi connectivity index (χ3v) is 4.61. The van der Waals surface area contributed by atoms with E-state index in [1.165, 1.54) is 0 Å². The van der Waals surface area contributed by atoms with Gasteiger partial charge in [-0.15, -0.1) is 0 Å². The van der Waals surface area contributed by atoms with Crippen LogP contribution in [-0.4, -0.2) is 80.8 Å². The van der Waals surface area contributed by atoms with E-state index in [-0.39, 0.29) is 0 Å². The van der Waals surface area contributed by atoms with Crippen molar-refractivity contribution in [1.29, 1.82) is 0 Å². The Labute approximate surface area is 148 Å². The molecule has 0 amide bonds. The first kappa shape index (κ1) is 21.2. The Kier molecular flexibility index (Phi) is 11.0. The molecule has 0 aromatic heterocycles. The van der Waals surface area contributed by atoms with Crippen molar-refractivity contribution < 1.29 is 4.74 Å². The molecule has 1 unspecified atom stereocenters. The standard InChI is InChI=1S/C18H39N5O/c1-5-23(6-2)17(14-16(3)4)15-21-18(19)20-8-7-9-22-10-12-24-13-11-22/h16-17H,5-15H2,1-4H3,(H3,19,20,21). The fraction of sp³-hybridized carbons (Fsp3) is 0.944. The fourth-order valence-electron chi connectivity index (χ4n) is 3.23. The highest BCUT2D eigenvalue weighted by Crippen LogP contribution is 2.12. The van der Waals surface area contributed by atoms with Crippen molar-refractivity contribution in [3.05, 3.63) is 0 Å². The van der Waals surface area contributed by atoms with Gasteiger partial charge in [-0.05, 0) is 38.4 Å². The number of hydrogen-bond acceptors (Lipinski definition) is 4. The summed E-state index contributed by atoms with van der Waals surface area (Å²) < 4.78 is 5.36. The maximum absolute atomic E-state index is 6.04. The Hall–Kier alpha value is -0.850. The molecule has 0 aliphatic carbocycles. The average Bonchev–Trinajstić information content (AvgIpc) is 2.58. The van der Waals surface area contributed by atoms with Crippen LogP contribution in [0.2, 0.25) is 0 Å². The van der Waals surface area contributed by atoms with Gasteiger partial charge >= 0.3 is 0 Å². The highest BCUT2D eigenvalue weighted by Gasteiger charge is 2.16. The van der Waals surface area contributed by atoms with Crippen LogP contribution < -0.4 is 11.1 Å². The molecule has 1 atom stereocenters. The molecule has 1 heterocycles. The number of likely N-dealkylation sites (N-methyl/N-ethyl adjacent to an activating group) is 1. The van der Waals surface area contributed by atoms with Gasteiger partial charge < -0.3 is 15.8 Å². The minimum Gasteiger partial charge on any atom is -0.379 e. The van der Waals surface area contributed by atoms with Crippen molar-refractivity contribution in [2.24, 2.45) is 16.6 Å². The van der Waals surface area contributed by atoms with Crippen molar-refractivity contribution >= 4 is 5.96 Å². The van der Waals surface area contributed by atoms with E-state index < -0.39 is 0 Å². The lowest BCUT2D eigenvalue weighted by molar-refractivity contribution is 0.0376. The summed E-state index contributed by atoms with van der Waals surface area (Å²) >= 11 is 0. The van der Waals surface area contributed by atoms with Gasteiger partial charge in [0.2, 0.25) is 0 Å². The minimum atomic E-state index is 0.480. The lowest BCUT2D eigenvalue weighted by Crippen LogP contribution is -2.41. The summed E-state index contributed by atoms with van der Waals surface area (Å²) in [4.78, 5) is 9.51. The van der Waals surface area contributed by atoms with Crippen molar-refractivity contribution in [2.75, 3.05) is 59.0 Å². The first-order chi connectivity index (χ1) is 11.6. The van der Waals surface area contributed by atoms with E-state index in [1.54, 1.807) is 0 Å². The normalized spacial score (nSPS) is 18.3. The number of nitrogens with zero attached hydrogens (tertiary/aromatic N) is 3. The van der Waals surface area contributed by atoms with Gasteiger partial charge in [-0.1, -0.05) is 27.7 Å². The molecule has 24 heavy (non-hydrogen) atoms. The van der Waals surface area contributed by atoms with Crippen LogP contribution in [-0.2, 0) is 4.74 Å². The molecule has 0 radical (unpaired) electrons. The maximum atomic E-state index is 6.04. The Morgan fingerprint density at radius 3 is 2.50 bits per heavy atom. The first-order valence-electron chi connectivity index (χ1n) is 9.64. The lowest BCUT2D eigenvalue weighted by Gasteiger charge is -2.30. The summed E-state index contributed by atoms with van der Waals surface area (Å²) in [6, 6.07) is 0.480. The number of rotatable bonds is 11. The molecule has 0 aromatic rings. The number of aliphatic imine (C=N–C) groups is 1. The average molecular weight is 342 g/mol. The highest BCUT2D eigenvalue weighted by molar-refractivity contribution is 5.77. The van der Waals surface area contributed by atoms with Crippen molar-refractivity contribution in [1.82, 2.24) is 15.1 Å². The second-order valence-electron chi connectivity index (χ2n) is 6.96. The monoisotopic (exact) mass is 341 g/mol. The van der Waals surface area contributed by atoms with Gasteiger partial charge in [0, 0.05) is 25.7 Å². The third kappa shape index (κ3) is 8.85. The molecule has 0 saturated carbocycles. The predicted octanol–water partition coefficient (Wildman–Crippen LogP) is 1.37. The molecule has 1 aliphatic rings. The second kappa shape index (κ2) is 12.5. The zero-order valence-electron chi connectivity index (χ0n) is 16.3. The predicted molar refractivity (Wildman–Crippen MR) is 103 cm³/mol. The Morgan fingerprint density at radius 1 is 1.25 bits per heavy atom. The van der Waals surface area contributed by atoms with E-state index in [1.807, 2.05) is 0 Å². The number of hydrogen-bond donors (Lipinski definition) is 2. The first-order valence-corrected chi connectivity index (χ1v) is 9.64. The van der Waals surface area contributed by atoms with Crippen LogP contribution >= 0.6 is 0 Å². The topological polar surface area (TPSA) is 66.1 Å². The van der Waals surface area contributed by atoms with Crippen LogP contribution in [0.4, 0.5) is 0 Å². The third-order valence-electron chi connectivity index (χ3n) is 4.61. The fourth-order valence-corrected chi connectivity index (χ4v) is 3.23. The summed E-state index contributed by atoms with van der Waals surface area (Å²) in [6.45, 7) is 17.7. The number of ether oxygens (including phenoxy) is 1. The van der Waals surface area contributed by atoms with Crippen molar-refractivity contribution in [2.45, 2.75) is 46.6 Å². The van der Waals surface area contributed by atoms with E-state index >= 15 is 0 Å². The van der Waals surface area contributed by atoms with Gasteiger partial charge in [0.15, 0.2) is 5.96 Å². The summed E-state index contributed by atoms with van der Waals surface area (Å²) in [5, 5.41) is 3.26. The Bertz CT molecular complexity index is 338. The van der Waals surface area contributed by atoms with E-state index in [9.17, 15) is 0 Å². The maximum Gasteiger partial charge on any atom is 0.188 e. The largest absolute Gasteiger partial charge is 0.379 e. The summed E-state index contributed by atoms with van der Waals surface area (Å²) in [7, 11) is 0. The zero-order valence-corrected chi connectivity index (χ0v) is 16.3. The molecule has 0 bridgehead atoms. The molecule has 0 spiro atoms. The van der Waals surface area contributed by atoms with Crippen LogP contribution in [0, 0.1) is 5.92 Å². The van der Waals surface area contributed by atoms with Gasteiger partial charge in [0.1, 0.15) is 0 Å². The highest BCUT2D eigenvalue weighted by atomic mass is 16.5. The van der Waals surface area contributed by atoms with E-state index in [4.69, 9.17) is 10.5 Å². The van der Waals surface area contributed by atoms with Crippen molar-refractivity contribution in [3.63, 3.8) is 0 Å². The number of nitrogens with one attached hydrogen (secondary N) is 1. The zero-order chi connectivity index (χ0) is 17.8. The molecule has 1 aliphatic heterocycles. The van der Waals surface area contributed by atoms with Crippen LogP contribution in [0.15, 0.2) is 4.99 Å². The SMILES string of the molecule is CCN(CC)C(CN=C(N)NCCCN1CCOCC1)CC(C)C. The molecule has 1 saturated heterocycles. The molecule has 3 N–H and O–H groups in total. The molecule has 1 rings (SSSR count). The van der Waals surface area contributed by atoms with Crippen LogP contribution in [0.5, 0.6) is 0 Å². The van der Waals surface area contributed by atoms with E-state index in [0.29, 0.717) is 17.9 Å². The van der Waals surface area contributed by atoms with Crippen LogP contribution in [0.3, 0.4) is 0 Å². The van der Waals surface area contributed by atoms with E-state index in [2.05, 4.69) is 47.8 Å². The summed E-state index contributed by atoms with van der Waals surface area (Å²) in [5.41, 5.74) is 6.04. The molecule has 0 aromatic carbocycles. The lowest BCUT2D eigenvalue weighted by atomic mass is 10.0. The van der Waals surface area contributed by atoms with Gasteiger partial charge in [0.25, 0.3) is 0 Å². The molecule has 6 nitrogen and oxygen atoms in total. The quantitative estimate of drug-likeness (QED) is 0.338. The summed E-state index contributed by atoms with van der Waals surface area (Å²) in [6.07, 6.45) is 2.25. The van der Waals surface area contributed by atoms with Gasteiger partial charge in [-0.25, -0.2) is 0 Å². The number of guanidine groups is 1. The number of nitrogens with two attached hydrogens (primary N) is 1. The second-order valence-corrected chi connectivity index (χ2v) is 6.96. The smallest absolute Gasteiger partial charge is 0.188 e.